The van der Waals surface area contributed by atoms with Gasteiger partial charge in [0, 0.05) is 24.5 Å². The first-order valence-electron chi connectivity index (χ1n) is 11.1. The van der Waals surface area contributed by atoms with E-state index in [2.05, 4.69) is 4.98 Å². The van der Waals surface area contributed by atoms with Gasteiger partial charge in [-0.1, -0.05) is 12.1 Å². The van der Waals surface area contributed by atoms with Gasteiger partial charge in [0.25, 0.3) is 11.7 Å². The first kappa shape index (κ1) is 23.8. The summed E-state index contributed by atoms with van der Waals surface area (Å²) in [6.45, 7) is 2.45. The molecular weight excluding hydrogens is 448 g/mol. The fourth-order valence-corrected chi connectivity index (χ4v) is 4.11. The van der Waals surface area contributed by atoms with Crippen LogP contribution in [0.15, 0.2) is 72.6 Å². The highest BCUT2D eigenvalue weighted by atomic mass is 16.5. The summed E-state index contributed by atoms with van der Waals surface area (Å²) >= 11 is 0. The quantitative estimate of drug-likeness (QED) is 0.298. The van der Waals surface area contributed by atoms with Crippen LogP contribution >= 0.6 is 0 Å². The molecule has 4 rings (SSSR count). The summed E-state index contributed by atoms with van der Waals surface area (Å²) in [6.07, 6.45) is 3.27. The van der Waals surface area contributed by atoms with Crippen molar-refractivity contribution in [2.24, 2.45) is 0 Å². The smallest absolute Gasteiger partial charge is 0.295 e. The number of benzene rings is 2. The number of carbonyl (C=O) groups excluding carboxylic acids is 2. The second kappa shape index (κ2) is 10.3. The zero-order chi connectivity index (χ0) is 24.9. The lowest BCUT2D eigenvalue weighted by atomic mass is 9.94. The predicted molar refractivity (Wildman–Crippen MR) is 129 cm³/mol. The van der Waals surface area contributed by atoms with Crippen molar-refractivity contribution in [3.05, 3.63) is 89.3 Å². The van der Waals surface area contributed by atoms with Gasteiger partial charge in [-0.3, -0.25) is 14.6 Å². The van der Waals surface area contributed by atoms with Gasteiger partial charge >= 0.3 is 0 Å². The van der Waals surface area contributed by atoms with E-state index in [1.54, 1.807) is 60.9 Å². The molecule has 180 valence electrons. The van der Waals surface area contributed by atoms with Gasteiger partial charge < -0.3 is 24.2 Å². The largest absolute Gasteiger partial charge is 0.507 e. The van der Waals surface area contributed by atoms with Crippen molar-refractivity contribution in [2.75, 3.05) is 20.8 Å². The zero-order valence-electron chi connectivity index (χ0n) is 19.7. The first-order chi connectivity index (χ1) is 17.0. The van der Waals surface area contributed by atoms with Crippen LogP contribution in [0.1, 0.15) is 29.7 Å². The Morgan fingerprint density at radius 1 is 1.03 bits per heavy atom. The van der Waals surface area contributed by atoms with Gasteiger partial charge in [-0.2, -0.15) is 0 Å². The van der Waals surface area contributed by atoms with Crippen LogP contribution in [0.4, 0.5) is 0 Å². The Hall–Kier alpha value is -4.33. The molecule has 8 heteroatoms. The van der Waals surface area contributed by atoms with E-state index >= 15 is 0 Å². The topological polar surface area (TPSA) is 98.2 Å². The molecule has 1 N–H and O–H groups in total. The summed E-state index contributed by atoms with van der Waals surface area (Å²) in [6, 6.07) is 14.6. The number of methoxy groups -OCH3 is 2. The monoisotopic (exact) mass is 474 g/mol. The van der Waals surface area contributed by atoms with Gasteiger partial charge in [-0.25, -0.2) is 0 Å². The van der Waals surface area contributed by atoms with Gasteiger partial charge in [-0.15, -0.1) is 0 Å². The summed E-state index contributed by atoms with van der Waals surface area (Å²) in [5.74, 6) is -0.135. The molecule has 2 aromatic carbocycles. The minimum absolute atomic E-state index is 0.00438. The van der Waals surface area contributed by atoms with Crippen molar-refractivity contribution in [1.82, 2.24) is 9.88 Å². The number of amides is 1. The molecular formula is C27H26N2O6. The Bertz CT molecular complexity index is 1250. The van der Waals surface area contributed by atoms with Crippen molar-refractivity contribution in [1.29, 1.82) is 0 Å². The van der Waals surface area contributed by atoms with Crippen LogP contribution in [0.25, 0.3) is 5.76 Å². The molecule has 3 aromatic rings. The maximum atomic E-state index is 13.2. The van der Waals surface area contributed by atoms with E-state index in [-0.39, 0.29) is 17.9 Å². The molecule has 0 bridgehead atoms. The lowest BCUT2D eigenvalue weighted by molar-refractivity contribution is -0.140. The standard InChI is InChI=1S/C27H26N2O6/c1-4-35-21-12-9-19(14-22(21)34-3)24-23(25(30)18-7-10-20(33-2)11-8-18)26(31)27(32)29(24)16-17-6-5-13-28-15-17/h5-15,24,30H,4,16H2,1-3H3/t24-/m1/s1. The van der Waals surface area contributed by atoms with Crippen LogP contribution in [0.3, 0.4) is 0 Å². The highest BCUT2D eigenvalue weighted by Crippen LogP contribution is 2.42. The molecule has 0 radical (unpaired) electrons. The zero-order valence-corrected chi connectivity index (χ0v) is 19.7. The third kappa shape index (κ3) is 4.68. The number of rotatable bonds is 8. The van der Waals surface area contributed by atoms with Crippen LogP contribution in [-0.4, -0.2) is 47.5 Å². The molecule has 0 saturated carbocycles. The summed E-state index contributed by atoms with van der Waals surface area (Å²) in [5.41, 5.74) is 1.74. The summed E-state index contributed by atoms with van der Waals surface area (Å²) < 4.78 is 16.3. The van der Waals surface area contributed by atoms with Crippen LogP contribution in [0.2, 0.25) is 0 Å². The average Bonchev–Trinajstić information content (AvgIpc) is 3.14. The minimum atomic E-state index is -0.845. The minimum Gasteiger partial charge on any atom is -0.507 e. The first-order valence-corrected chi connectivity index (χ1v) is 11.1. The second-order valence-corrected chi connectivity index (χ2v) is 7.86. The molecule has 2 heterocycles. The van der Waals surface area contributed by atoms with Crippen LogP contribution in [-0.2, 0) is 16.1 Å². The van der Waals surface area contributed by atoms with Crippen molar-refractivity contribution in [3.63, 3.8) is 0 Å². The van der Waals surface area contributed by atoms with E-state index in [4.69, 9.17) is 14.2 Å². The Kier molecular flexibility index (Phi) is 7.01. The molecule has 1 aliphatic rings. The Labute approximate surface area is 203 Å². The number of aromatic nitrogens is 1. The number of aliphatic hydroxyl groups is 1. The normalized spacial score (nSPS) is 16.9. The van der Waals surface area contributed by atoms with E-state index in [0.29, 0.717) is 35.0 Å². The van der Waals surface area contributed by atoms with Crippen molar-refractivity contribution in [3.8, 4) is 17.2 Å². The van der Waals surface area contributed by atoms with Crippen molar-refractivity contribution < 1.29 is 28.9 Å². The van der Waals surface area contributed by atoms with Crippen molar-refractivity contribution in [2.45, 2.75) is 19.5 Å². The predicted octanol–water partition coefficient (Wildman–Crippen LogP) is 4.12. The Morgan fingerprint density at radius 2 is 1.80 bits per heavy atom. The second-order valence-electron chi connectivity index (χ2n) is 7.86. The maximum absolute atomic E-state index is 13.2. The lowest BCUT2D eigenvalue weighted by Gasteiger charge is -2.26. The summed E-state index contributed by atoms with van der Waals surface area (Å²) in [5, 5.41) is 11.2. The molecule has 8 nitrogen and oxygen atoms in total. The molecule has 35 heavy (non-hydrogen) atoms. The van der Waals surface area contributed by atoms with Gasteiger partial charge in [0.2, 0.25) is 0 Å². The maximum Gasteiger partial charge on any atom is 0.295 e. The number of pyridine rings is 1. The third-order valence-electron chi connectivity index (χ3n) is 5.78. The van der Waals surface area contributed by atoms with E-state index in [1.807, 2.05) is 13.0 Å². The lowest BCUT2D eigenvalue weighted by Crippen LogP contribution is -2.29. The molecule has 1 saturated heterocycles. The molecule has 1 aliphatic heterocycles. The average molecular weight is 475 g/mol. The fourth-order valence-electron chi connectivity index (χ4n) is 4.11. The van der Waals surface area contributed by atoms with E-state index in [9.17, 15) is 14.7 Å². The Morgan fingerprint density at radius 3 is 2.43 bits per heavy atom. The number of likely N-dealkylation sites (tertiary alicyclic amines) is 1. The van der Waals surface area contributed by atoms with Gasteiger partial charge in [-0.05, 0) is 60.5 Å². The molecule has 0 spiro atoms. The Balaban J connectivity index is 1.86. The number of aliphatic hydroxyl groups excluding tert-OH is 1. The number of Topliss-reactive ketones (excluding diaryl/α,β-unsaturated/α-hetero) is 1. The molecule has 1 aromatic heterocycles. The number of hydrogen-bond acceptors (Lipinski definition) is 7. The number of ether oxygens (including phenoxy) is 3. The van der Waals surface area contributed by atoms with Gasteiger partial charge in [0.05, 0.1) is 32.4 Å². The van der Waals surface area contributed by atoms with Gasteiger partial charge in [0.1, 0.15) is 11.5 Å². The summed E-state index contributed by atoms with van der Waals surface area (Å²) in [7, 11) is 3.06. The van der Waals surface area contributed by atoms with E-state index in [1.165, 1.54) is 19.1 Å². The summed E-state index contributed by atoms with van der Waals surface area (Å²) in [4.78, 5) is 32.0. The SMILES string of the molecule is CCOc1ccc([C@@H]2C(=C(O)c3ccc(OC)cc3)C(=O)C(=O)N2Cc2cccnc2)cc1OC. The molecule has 0 unspecified atom stereocenters. The van der Waals surface area contributed by atoms with Gasteiger partial charge in [0.15, 0.2) is 11.5 Å². The fraction of sp³-hybridized carbons (Fsp3) is 0.222. The highest BCUT2D eigenvalue weighted by Gasteiger charge is 2.46. The van der Waals surface area contributed by atoms with Crippen LogP contribution < -0.4 is 14.2 Å². The van der Waals surface area contributed by atoms with Crippen molar-refractivity contribution >= 4 is 17.4 Å². The van der Waals surface area contributed by atoms with E-state index in [0.717, 1.165) is 5.56 Å². The number of hydrogen-bond donors (Lipinski definition) is 1. The highest BCUT2D eigenvalue weighted by molar-refractivity contribution is 6.46. The molecule has 1 fully saturated rings. The third-order valence-corrected chi connectivity index (χ3v) is 5.78. The van der Waals surface area contributed by atoms with Crippen LogP contribution in [0, 0.1) is 0 Å². The van der Waals surface area contributed by atoms with E-state index < -0.39 is 17.7 Å². The van der Waals surface area contributed by atoms with Crippen LogP contribution in [0.5, 0.6) is 17.2 Å². The number of carbonyl (C=O) groups is 2. The number of nitrogens with zero attached hydrogens (tertiary/aromatic N) is 2. The number of ketones is 1. The molecule has 1 atom stereocenters. The molecule has 0 aliphatic carbocycles. The molecule has 1 amide bonds.